The largest absolute Gasteiger partial charge is 0.529 e. The molecule has 1 atom stereocenters. The Bertz CT molecular complexity index is 798. The van der Waals surface area contributed by atoms with Crippen molar-refractivity contribution in [3.8, 4) is 0 Å². The van der Waals surface area contributed by atoms with Crippen LogP contribution in [-0.2, 0) is 33.2 Å². The molecule has 0 bridgehead atoms. The monoisotopic (exact) mass is 662 g/mol. The van der Waals surface area contributed by atoms with Gasteiger partial charge < -0.3 is 4.74 Å². The second kappa shape index (κ2) is 11.5. The van der Waals surface area contributed by atoms with Gasteiger partial charge in [0, 0.05) is 0 Å². The van der Waals surface area contributed by atoms with Crippen molar-refractivity contribution in [1.29, 1.82) is 0 Å². The molecule has 28 heteroatoms. The Balaban J connectivity index is 5.50. The van der Waals surface area contributed by atoms with Gasteiger partial charge in [0.05, 0.1) is 0 Å². The molecule has 0 saturated carbocycles. The fraction of sp³-hybridized carbons (Fsp3) is 1.00. The van der Waals surface area contributed by atoms with Crippen LogP contribution < -0.4 is 0 Å². The lowest BCUT2D eigenvalue weighted by molar-refractivity contribution is -0.631. The lowest BCUT2D eigenvalue weighted by atomic mass is 10.5. The van der Waals surface area contributed by atoms with Gasteiger partial charge in [0.2, 0.25) is 0 Å². The quantitative estimate of drug-likeness (QED) is 0.103. The molecule has 7 nitrogen and oxygen atoms in total. The van der Waals surface area contributed by atoms with Crippen LogP contribution in [0.15, 0.2) is 0 Å². The predicted octanol–water partition coefficient (Wildman–Crippen LogP) is 6.73. The van der Waals surface area contributed by atoms with Crippen LogP contribution in [0.4, 0.5) is 87.8 Å². The third kappa shape index (κ3) is 14.2. The molecule has 39 heavy (non-hydrogen) atoms. The van der Waals surface area contributed by atoms with E-state index in [0.29, 0.717) is 0 Å². The van der Waals surface area contributed by atoms with Crippen LogP contribution in [0.1, 0.15) is 0 Å². The van der Waals surface area contributed by atoms with E-state index in [1.807, 2.05) is 4.74 Å². The van der Waals surface area contributed by atoms with Crippen molar-refractivity contribution in [2.75, 3.05) is 6.61 Å². The minimum atomic E-state index is -7.32. The molecule has 0 fully saturated rings. The highest BCUT2D eigenvalue weighted by atomic mass is 35.5. The highest BCUT2D eigenvalue weighted by Gasteiger charge is 2.69. The maximum atomic E-state index is 13.2. The van der Waals surface area contributed by atoms with Crippen LogP contribution in [0.3, 0.4) is 0 Å². The van der Waals surface area contributed by atoms with Gasteiger partial charge >= 0.3 is 55.2 Å². The summed E-state index contributed by atoms with van der Waals surface area (Å²) >= 11 is 4.02. The summed E-state index contributed by atoms with van der Waals surface area (Å²) in [4.78, 5) is 0. The Kier molecular flexibility index (Phi) is 11.1. The molecule has 0 saturated heterocycles. The van der Waals surface area contributed by atoms with Gasteiger partial charge in [0.25, 0.3) is 6.36 Å². The molecule has 0 amide bonds. The lowest BCUT2D eigenvalue weighted by Crippen LogP contribution is -2.54. The first kappa shape index (κ1) is 37.6. The van der Waals surface area contributed by atoms with Crippen molar-refractivity contribution in [1.82, 2.24) is 0 Å². The highest BCUT2D eigenvalue weighted by Crippen LogP contribution is 2.45. The number of alkyl halides is 21. The van der Waals surface area contributed by atoms with Crippen LogP contribution in [0.2, 0.25) is 0 Å². The summed E-state index contributed by atoms with van der Waals surface area (Å²) in [6.07, 6.45) is -59.9. The van der Waals surface area contributed by atoms with E-state index >= 15 is 0 Å². The summed E-state index contributed by atoms with van der Waals surface area (Å²) in [6.45, 7) is -2.71. The van der Waals surface area contributed by atoms with E-state index < -0.39 is 68.2 Å². The topological polar surface area (TPSA) is 64.6 Å². The van der Waals surface area contributed by atoms with Gasteiger partial charge in [-0.3, -0.25) is 4.74 Å². The molecule has 1 unspecified atom stereocenters. The molecule has 0 aliphatic rings. The van der Waals surface area contributed by atoms with E-state index in [9.17, 15) is 87.8 Å². The molecule has 0 aliphatic carbocycles. The molecule has 0 rings (SSSR count). The van der Waals surface area contributed by atoms with E-state index in [1.54, 1.807) is 23.7 Å². The Morgan fingerprint density at radius 3 is 1.15 bits per heavy atom. The summed E-state index contributed by atoms with van der Waals surface area (Å²) in [7, 11) is 0. The van der Waals surface area contributed by atoms with Gasteiger partial charge in [-0.2, -0.15) is 39.9 Å². The zero-order valence-corrected chi connectivity index (χ0v) is 17.3. The summed E-state index contributed by atoms with van der Waals surface area (Å²) in [5, 5.41) is -4.76. The Morgan fingerprint density at radius 2 is 0.821 bits per heavy atom. The molecular weight excluding hydrogens is 660 g/mol. The Morgan fingerprint density at radius 1 is 0.487 bits per heavy atom. The van der Waals surface area contributed by atoms with Gasteiger partial charge in [0.1, 0.15) is 6.61 Å². The first-order valence-corrected chi connectivity index (χ1v) is 8.24. The van der Waals surface area contributed by atoms with Crippen molar-refractivity contribution >= 4 is 11.6 Å². The second-order valence-electron chi connectivity index (χ2n) is 5.74. The lowest BCUT2D eigenvalue weighted by Gasteiger charge is -2.32. The molecule has 0 N–H and O–H groups in total. The summed E-state index contributed by atoms with van der Waals surface area (Å²) in [5.41, 5.74) is 0. The molecule has 0 aliphatic heterocycles. The van der Waals surface area contributed by atoms with Crippen LogP contribution in [0, 0.1) is 0 Å². The maximum absolute atomic E-state index is 13.2. The molecule has 0 aromatic carbocycles. The highest BCUT2D eigenvalue weighted by molar-refractivity contribution is 6.21. The predicted molar refractivity (Wildman–Crippen MR) is 68.8 cm³/mol. The number of halogens is 21. The summed E-state index contributed by atoms with van der Waals surface area (Å²) < 4.78 is 266. The summed E-state index contributed by atoms with van der Waals surface area (Å²) in [5.74, 6) is 0. The standard InChI is InChI=1S/C11H3ClF20O7/c12-3(14,15)1-33-4(16,17)2(13)34-5(18,19)6(20,21)35-8(25,26)37-10(29,30)39-11(31,32)38-9(27,28)36-7(22,23)24/h2H,1H2. The molecule has 0 spiro atoms. The van der Waals surface area contributed by atoms with Crippen LogP contribution in [0.5, 0.6) is 0 Å². The van der Waals surface area contributed by atoms with E-state index in [4.69, 9.17) is 0 Å². The number of ether oxygens (including phenoxy) is 7. The molecule has 236 valence electrons. The van der Waals surface area contributed by atoms with E-state index in [-0.39, 0.29) is 0 Å². The number of rotatable bonds is 16. The van der Waals surface area contributed by atoms with Gasteiger partial charge in [-0.15, -0.1) is 48.3 Å². The van der Waals surface area contributed by atoms with Crippen molar-refractivity contribution in [3.63, 3.8) is 0 Å². The van der Waals surface area contributed by atoms with E-state index in [2.05, 4.69) is 16.3 Å². The molecule has 0 radical (unpaired) electrons. The van der Waals surface area contributed by atoms with Crippen LogP contribution in [-0.4, -0.2) is 68.2 Å². The van der Waals surface area contributed by atoms with Crippen molar-refractivity contribution in [2.24, 2.45) is 0 Å². The molecule has 0 aromatic rings. The fourth-order valence-corrected chi connectivity index (χ4v) is 1.41. The SMILES string of the molecule is FC(OC(F)(F)C(F)(F)OC(F)(F)OC(F)(F)OC(F)(F)OC(F)(F)OC(F)(F)F)C(F)(F)OCC(F)(F)Cl. The zero-order chi connectivity index (χ0) is 31.7. The van der Waals surface area contributed by atoms with Crippen LogP contribution >= 0.6 is 11.6 Å². The Labute approximate surface area is 202 Å². The number of hydrogen-bond acceptors (Lipinski definition) is 7. The van der Waals surface area contributed by atoms with E-state index in [1.165, 1.54) is 0 Å². The van der Waals surface area contributed by atoms with Crippen molar-refractivity contribution in [3.05, 3.63) is 0 Å². The smallest absolute Gasteiger partial charge is 0.308 e. The molecule has 0 aromatic heterocycles. The minimum absolute atomic E-state index is 1.56. The Hall–Kier alpha value is -1.39. The van der Waals surface area contributed by atoms with Crippen molar-refractivity contribution < 1.29 is 121 Å². The van der Waals surface area contributed by atoms with Gasteiger partial charge in [-0.25, -0.2) is 23.3 Å². The molecule has 0 heterocycles. The average molecular weight is 663 g/mol. The maximum Gasteiger partial charge on any atom is 0.529 e. The third-order valence-electron chi connectivity index (χ3n) is 2.48. The van der Waals surface area contributed by atoms with E-state index in [0.717, 1.165) is 0 Å². The van der Waals surface area contributed by atoms with Gasteiger partial charge in [0.15, 0.2) is 0 Å². The van der Waals surface area contributed by atoms with Gasteiger partial charge in [-0.05, 0) is 11.6 Å². The van der Waals surface area contributed by atoms with Crippen LogP contribution in [0.25, 0.3) is 0 Å². The van der Waals surface area contributed by atoms with Gasteiger partial charge in [-0.1, -0.05) is 0 Å². The number of hydrogen-bond donors (Lipinski definition) is 0. The zero-order valence-electron chi connectivity index (χ0n) is 16.6. The first-order chi connectivity index (χ1) is 16.6. The first-order valence-electron chi connectivity index (χ1n) is 7.86. The third-order valence-corrected chi connectivity index (χ3v) is 2.59. The average Bonchev–Trinajstić information content (AvgIpc) is 2.51. The normalized spacial score (nSPS) is 16.5. The minimum Gasteiger partial charge on any atom is -0.308 e. The summed E-state index contributed by atoms with van der Waals surface area (Å²) in [6, 6.07) is 0. The van der Waals surface area contributed by atoms with Crippen molar-refractivity contribution in [2.45, 2.75) is 61.6 Å². The second-order valence-corrected chi connectivity index (χ2v) is 6.30. The fourth-order valence-electron chi connectivity index (χ4n) is 1.35. The molecular formula is C11H3ClF20O7.